The van der Waals surface area contributed by atoms with E-state index in [1.54, 1.807) is 32.0 Å². The molecule has 0 aliphatic carbocycles. The van der Waals surface area contributed by atoms with Gasteiger partial charge in [-0.15, -0.1) is 0 Å². The molecule has 0 fully saturated rings. The van der Waals surface area contributed by atoms with Crippen LogP contribution in [0.25, 0.3) is 0 Å². The molecule has 0 aliphatic rings. The predicted molar refractivity (Wildman–Crippen MR) is 76.2 cm³/mol. The van der Waals surface area contributed by atoms with Crippen molar-refractivity contribution in [2.45, 2.75) is 13.8 Å². The Hall–Kier alpha value is -1.94. The molecule has 1 heterocycles. The van der Waals surface area contributed by atoms with Crippen molar-refractivity contribution >= 4 is 17.4 Å². The van der Waals surface area contributed by atoms with Crippen LogP contribution >= 0.6 is 11.6 Å². The molecule has 1 aromatic carbocycles. The summed E-state index contributed by atoms with van der Waals surface area (Å²) in [5.41, 5.74) is 0.852. The lowest BCUT2D eigenvalue weighted by molar-refractivity contribution is 0.103. The van der Waals surface area contributed by atoms with Gasteiger partial charge < -0.3 is 13.9 Å². The lowest BCUT2D eigenvalue weighted by atomic mass is 10.0. The smallest absolute Gasteiger partial charge is 0.198 e. The van der Waals surface area contributed by atoms with Gasteiger partial charge >= 0.3 is 0 Å². The van der Waals surface area contributed by atoms with E-state index in [9.17, 15) is 4.79 Å². The Kier molecular flexibility index (Phi) is 4.04. The molecule has 1 aromatic heterocycles. The Bertz CT molecular complexity index is 658. The second kappa shape index (κ2) is 5.59. The summed E-state index contributed by atoms with van der Waals surface area (Å²) in [4.78, 5) is 12.5. The first-order valence-electron chi connectivity index (χ1n) is 6.01. The number of methoxy groups -OCH3 is 2. The average Bonchev–Trinajstić information content (AvgIpc) is 2.76. The van der Waals surface area contributed by atoms with E-state index < -0.39 is 0 Å². The van der Waals surface area contributed by atoms with Crippen LogP contribution in [0.2, 0.25) is 5.02 Å². The summed E-state index contributed by atoms with van der Waals surface area (Å²) in [7, 11) is 3.02. The second-order valence-electron chi connectivity index (χ2n) is 4.34. The summed E-state index contributed by atoms with van der Waals surface area (Å²) >= 11 is 6.15. The van der Waals surface area contributed by atoms with Gasteiger partial charge in [-0.1, -0.05) is 11.6 Å². The molecule has 0 atom stereocenters. The number of rotatable bonds is 4. The normalized spacial score (nSPS) is 10.4. The second-order valence-corrected chi connectivity index (χ2v) is 4.75. The maximum absolute atomic E-state index is 12.5. The van der Waals surface area contributed by atoms with Crippen molar-refractivity contribution in [3.63, 3.8) is 0 Å². The minimum atomic E-state index is -0.203. The van der Waals surface area contributed by atoms with Crippen LogP contribution in [0.15, 0.2) is 22.6 Å². The monoisotopic (exact) mass is 294 g/mol. The summed E-state index contributed by atoms with van der Waals surface area (Å²) < 4.78 is 15.7. The van der Waals surface area contributed by atoms with E-state index in [1.165, 1.54) is 14.2 Å². The molecule has 0 amide bonds. The highest BCUT2D eigenvalue weighted by atomic mass is 35.5. The highest BCUT2D eigenvalue weighted by molar-refractivity contribution is 6.35. The molecule has 5 heteroatoms. The number of furan rings is 1. The van der Waals surface area contributed by atoms with Crippen LogP contribution in [0.4, 0.5) is 0 Å². The van der Waals surface area contributed by atoms with Gasteiger partial charge in [0.25, 0.3) is 0 Å². The molecule has 0 spiro atoms. The third-order valence-electron chi connectivity index (χ3n) is 3.00. The van der Waals surface area contributed by atoms with Gasteiger partial charge in [-0.05, 0) is 26.0 Å². The van der Waals surface area contributed by atoms with Crippen LogP contribution in [0, 0.1) is 13.8 Å². The van der Waals surface area contributed by atoms with Gasteiger partial charge in [0, 0.05) is 11.6 Å². The molecule has 0 saturated carbocycles. The highest BCUT2D eigenvalue weighted by Crippen LogP contribution is 2.34. The fourth-order valence-electron chi connectivity index (χ4n) is 2.03. The van der Waals surface area contributed by atoms with E-state index in [0.29, 0.717) is 39.2 Å². The molecule has 106 valence electrons. The van der Waals surface area contributed by atoms with Crippen LogP contribution in [-0.4, -0.2) is 20.0 Å². The van der Waals surface area contributed by atoms with Crippen molar-refractivity contribution in [2.24, 2.45) is 0 Å². The minimum absolute atomic E-state index is 0.203. The molecule has 0 radical (unpaired) electrons. The Morgan fingerprint density at radius 1 is 1.05 bits per heavy atom. The number of carbonyl (C=O) groups excluding carboxylic acids is 1. The molecule has 0 bridgehead atoms. The fourth-order valence-corrected chi connectivity index (χ4v) is 2.27. The van der Waals surface area contributed by atoms with Crippen LogP contribution < -0.4 is 9.47 Å². The van der Waals surface area contributed by atoms with E-state index >= 15 is 0 Å². The fraction of sp³-hybridized carbons (Fsp3) is 0.267. The van der Waals surface area contributed by atoms with Crippen molar-refractivity contribution in [3.05, 3.63) is 45.9 Å². The number of halogens is 1. The Morgan fingerprint density at radius 2 is 1.65 bits per heavy atom. The van der Waals surface area contributed by atoms with Crippen LogP contribution in [0.1, 0.15) is 27.4 Å². The zero-order valence-electron chi connectivity index (χ0n) is 11.7. The van der Waals surface area contributed by atoms with Crippen molar-refractivity contribution in [1.29, 1.82) is 0 Å². The van der Waals surface area contributed by atoms with E-state index in [1.807, 2.05) is 0 Å². The predicted octanol–water partition coefficient (Wildman–Crippen LogP) is 3.80. The zero-order chi connectivity index (χ0) is 14.9. The quantitative estimate of drug-likeness (QED) is 0.805. The van der Waals surface area contributed by atoms with Gasteiger partial charge in [0.1, 0.15) is 11.5 Å². The maximum Gasteiger partial charge on any atom is 0.198 e. The summed E-state index contributed by atoms with van der Waals surface area (Å²) in [5.74, 6) is 1.98. The number of carbonyl (C=O) groups is 1. The molecule has 20 heavy (non-hydrogen) atoms. The maximum atomic E-state index is 12.5. The van der Waals surface area contributed by atoms with Gasteiger partial charge in [0.2, 0.25) is 0 Å². The summed E-state index contributed by atoms with van der Waals surface area (Å²) in [6.45, 7) is 3.54. The largest absolute Gasteiger partial charge is 0.493 e. The average molecular weight is 295 g/mol. The van der Waals surface area contributed by atoms with E-state index in [-0.39, 0.29) is 5.78 Å². The third kappa shape index (κ3) is 2.51. The van der Waals surface area contributed by atoms with Crippen LogP contribution in [-0.2, 0) is 0 Å². The van der Waals surface area contributed by atoms with E-state index in [2.05, 4.69) is 0 Å². The Labute approximate surface area is 122 Å². The standard InChI is InChI=1S/C15H15ClO4/c1-8-5-10(9(2)20-8)15(17)11-6-13(18-3)14(19-4)7-12(11)16/h5-7H,1-4H3. The number of hydrogen-bond acceptors (Lipinski definition) is 4. The van der Waals surface area contributed by atoms with Crippen molar-refractivity contribution in [2.75, 3.05) is 14.2 Å². The number of benzene rings is 1. The molecule has 0 N–H and O–H groups in total. The minimum Gasteiger partial charge on any atom is -0.493 e. The molecular formula is C15H15ClO4. The molecule has 0 unspecified atom stereocenters. The SMILES string of the molecule is COc1cc(Cl)c(C(=O)c2cc(C)oc2C)cc1OC. The molecule has 2 aromatic rings. The third-order valence-corrected chi connectivity index (χ3v) is 3.32. The lowest BCUT2D eigenvalue weighted by Gasteiger charge is -2.10. The first-order valence-corrected chi connectivity index (χ1v) is 6.39. The summed E-state index contributed by atoms with van der Waals surface area (Å²) in [6, 6.07) is 4.84. The number of aryl methyl sites for hydroxylation is 2. The van der Waals surface area contributed by atoms with Crippen LogP contribution in [0.5, 0.6) is 11.5 Å². The topological polar surface area (TPSA) is 48.7 Å². The van der Waals surface area contributed by atoms with Gasteiger partial charge in [0.05, 0.1) is 24.8 Å². The van der Waals surface area contributed by atoms with Crippen molar-refractivity contribution in [1.82, 2.24) is 0 Å². The first kappa shape index (κ1) is 14.5. The van der Waals surface area contributed by atoms with E-state index in [4.69, 9.17) is 25.5 Å². The Balaban J connectivity index is 2.52. The van der Waals surface area contributed by atoms with Gasteiger partial charge in [0.15, 0.2) is 17.3 Å². The van der Waals surface area contributed by atoms with Gasteiger partial charge in [-0.3, -0.25) is 4.79 Å². The highest BCUT2D eigenvalue weighted by Gasteiger charge is 2.20. The summed E-state index contributed by atoms with van der Waals surface area (Å²) in [5, 5.41) is 0.311. The number of hydrogen-bond donors (Lipinski definition) is 0. The van der Waals surface area contributed by atoms with Crippen molar-refractivity contribution in [3.8, 4) is 11.5 Å². The molecule has 2 rings (SSSR count). The first-order chi connectivity index (χ1) is 9.47. The van der Waals surface area contributed by atoms with Gasteiger partial charge in [-0.2, -0.15) is 0 Å². The summed E-state index contributed by atoms with van der Waals surface area (Å²) in [6.07, 6.45) is 0. The molecule has 4 nitrogen and oxygen atoms in total. The zero-order valence-corrected chi connectivity index (χ0v) is 12.5. The Morgan fingerprint density at radius 3 is 2.15 bits per heavy atom. The van der Waals surface area contributed by atoms with E-state index in [0.717, 1.165) is 0 Å². The molecular weight excluding hydrogens is 280 g/mol. The molecule has 0 aliphatic heterocycles. The van der Waals surface area contributed by atoms with Crippen molar-refractivity contribution < 1.29 is 18.7 Å². The van der Waals surface area contributed by atoms with Crippen LogP contribution in [0.3, 0.4) is 0 Å². The van der Waals surface area contributed by atoms with Gasteiger partial charge in [-0.25, -0.2) is 0 Å². The molecule has 0 saturated heterocycles. The number of ketones is 1. The number of ether oxygens (including phenoxy) is 2. The lowest BCUT2D eigenvalue weighted by Crippen LogP contribution is -2.04.